The van der Waals surface area contributed by atoms with Crippen molar-refractivity contribution in [3.8, 4) is 0 Å². The number of aromatic nitrogens is 2. The molecule has 1 aliphatic heterocycles. The molecule has 4 atom stereocenters. The van der Waals surface area contributed by atoms with Gasteiger partial charge in [-0.3, -0.25) is 9.59 Å². The Hall–Kier alpha value is -5.62. The average molecular weight is 613 g/mol. The number of nitrogens with one attached hydrogen (secondary N) is 1. The van der Waals surface area contributed by atoms with Crippen LogP contribution in [0.3, 0.4) is 0 Å². The van der Waals surface area contributed by atoms with Crippen LogP contribution in [0.25, 0.3) is 0 Å². The van der Waals surface area contributed by atoms with E-state index in [9.17, 15) is 28.8 Å². The van der Waals surface area contributed by atoms with E-state index in [1.165, 1.54) is 31.2 Å². The zero-order valence-electron chi connectivity index (χ0n) is 24.0. The number of carbonyl (C=O) groups excluding carboxylic acids is 4. The second-order valence-corrected chi connectivity index (χ2v) is 10.2. The van der Waals surface area contributed by atoms with E-state index >= 15 is 0 Å². The maximum absolute atomic E-state index is 13.3. The number of carbonyl (C=O) groups is 4. The predicted molar refractivity (Wildman–Crippen MR) is 158 cm³/mol. The van der Waals surface area contributed by atoms with Crippen LogP contribution in [0.5, 0.6) is 0 Å². The Morgan fingerprint density at radius 1 is 0.733 bits per heavy atom. The largest absolute Gasteiger partial charge is 0.459 e. The molecule has 0 saturated carbocycles. The van der Waals surface area contributed by atoms with E-state index in [4.69, 9.17) is 18.9 Å². The van der Waals surface area contributed by atoms with E-state index in [1.807, 2.05) is 0 Å². The van der Waals surface area contributed by atoms with Gasteiger partial charge in [-0.2, -0.15) is 0 Å². The monoisotopic (exact) mass is 612 g/mol. The minimum absolute atomic E-state index is 0.0740. The lowest BCUT2D eigenvalue weighted by atomic mass is 10.1. The Morgan fingerprint density at radius 2 is 1.22 bits per heavy atom. The summed E-state index contributed by atoms with van der Waals surface area (Å²) >= 11 is 0. The van der Waals surface area contributed by atoms with Crippen LogP contribution in [0.1, 0.15) is 49.9 Å². The summed E-state index contributed by atoms with van der Waals surface area (Å²) in [6.07, 6.45) is -6.09. The van der Waals surface area contributed by atoms with Crippen LogP contribution in [-0.4, -0.2) is 58.2 Å². The van der Waals surface area contributed by atoms with Crippen LogP contribution in [0.15, 0.2) is 107 Å². The first-order chi connectivity index (χ1) is 21.7. The summed E-state index contributed by atoms with van der Waals surface area (Å²) in [7, 11) is 0. The summed E-state index contributed by atoms with van der Waals surface area (Å²) in [6, 6.07) is 25.0. The number of aromatic amines is 1. The fourth-order valence-electron chi connectivity index (χ4n) is 4.82. The van der Waals surface area contributed by atoms with Gasteiger partial charge in [-0.15, -0.1) is 0 Å². The molecule has 1 aliphatic rings. The molecular weight excluding hydrogens is 584 g/mol. The fraction of sp³-hybridized carbons (Fsp3) is 0.212. The van der Waals surface area contributed by atoms with Gasteiger partial charge in [0.05, 0.1) is 16.7 Å². The molecule has 3 aromatic carbocycles. The molecule has 4 unspecified atom stereocenters. The Kier molecular flexibility index (Phi) is 9.44. The van der Waals surface area contributed by atoms with Crippen molar-refractivity contribution in [2.45, 2.75) is 37.9 Å². The second kappa shape index (κ2) is 13.8. The number of hydrogen-bond acceptors (Lipinski definition) is 10. The van der Waals surface area contributed by atoms with Crippen molar-refractivity contribution >= 4 is 23.7 Å². The summed E-state index contributed by atoms with van der Waals surface area (Å²) in [5.41, 5.74) is -1.20. The van der Waals surface area contributed by atoms with Gasteiger partial charge in [0.25, 0.3) is 5.56 Å². The lowest BCUT2D eigenvalue weighted by Gasteiger charge is -2.25. The molecule has 230 valence electrons. The summed E-state index contributed by atoms with van der Waals surface area (Å²) in [6.45, 7) is 0.807. The molecule has 0 amide bonds. The quantitative estimate of drug-likeness (QED) is 0.208. The number of ether oxygens (including phenoxy) is 4. The van der Waals surface area contributed by atoms with Crippen LogP contribution in [0, 0.1) is 0 Å². The number of Topliss-reactive ketones (excluding diaryl/α,β-unsaturated/α-hetero) is 1. The number of nitrogens with zero attached hydrogens (tertiary/aromatic N) is 1. The van der Waals surface area contributed by atoms with Gasteiger partial charge < -0.3 is 23.9 Å². The molecule has 0 radical (unpaired) electrons. The highest BCUT2D eigenvalue weighted by molar-refractivity contribution is 5.91. The second-order valence-electron chi connectivity index (χ2n) is 10.2. The number of rotatable bonds is 10. The minimum Gasteiger partial charge on any atom is -0.459 e. The molecule has 5 rings (SSSR count). The van der Waals surface area contributed by atoms with Gasteiger partial charge >= 0.3 is 23.6 Å². The Balaban J connectivity index is 1.54. The lowest BCUT2D eigenvalue weighted by molar-refractivity contribution is -0.116. The summed E-state index contributed by atoms with van der Waals surface area (Å²) in [5.74, 6) is -2.67. The van der Waals surface area contributed by atoms with Crippen molar-refractivity contribution in [3.63, 3.8) is 0 Å². The Labute approximate surface area is 256 Å². The summed E-state index contributed by atoms with van der Waals surface area (Å²) in [4.78, 5) is 79.8. The first-order valence-corrected chi connectivity index (χ1v) is 13.9. The van der Waals surface area contributed by atoms with Gasteiger partial charge in [0.2, 0.25) is 0 Å². The van der Waals surface area contributed by atoms with Gasteiger partial charge in [-0.05, 0) is 43.3 Å². The van der Waals surface area contributed by atoms with E-state index in [2.05, 4.69) is 4.98 Å². The van der Waals surface area contributed by atoms with Gasteiger partial charge in [0.1, 0.15) is 18.5 Å². The number of ketones is 1. The van der Waals surface area contributed by atoms with Gasteiger partial charge in [-0.1, -0.05) is 54.6 Å². The smallest absolute Gasteiger partial charge is 0.338 e. The highest BCUT2D eigenvalue weighted by atomic mass is 16.7. The number of H-pyrrole nitrogens is 1. The first-order valence-electron chi connectivity index (χ1n) is 13.9. The van der Waals surface area contributed by atoms with Crippen molar-refractivity contribution in [3.05, 3.63) is 140 Å². The van der Waals surface area contributed by atoms with Crippen LogP contribution in [0.4, 0.5) is 0 Å². The molecule has 0 spiro atoms. The highest BCUT2D eigenvalue weighted by Crippen LogP contribution is 2.34. The molecule has 2 heterocycles. The van der Waals surface area contributed by atoms with E-state index in [0.717, 1.165) is 6.07 Å². The molecule has 12 nitrogen and oxygen atoms in total. The molecule has 1 saturated heterocycles. The highest BCUT2D eigenvalue weighted by Gasteiger charge is 2.52. The van der Waals surface area contributed by atoms with Crippen molar-refractivity contribution in [1.82, 2.24) is 9.55 Å². The average Bonchev–Trinajstić information content (AvgIpc) is 3.35. The third-order valence-electron chi connectivity index (χ3n) is 6.89. The molecular formula is C33H28N2O10. The van der Waals surface area contributed by atoms with Crippen LogP contribution in [0.2, 0.25) is 0 Å². The number of esters is 3. The van der Waals surface area contributed by atoms with Crippen molar-refractivity contribution in [1.29, 1.82) is 0 Å². The van der Waals surface area contributed by atoms with Gasteiger partial charge in [0, 0.05) is 18.2 Å². The Bertz CT molecular complexity index is 1770. The zero-order chi connectivity index (χ0) is 31.9. The summed E-state index contributed by atoms with van der Waals surface area (Å²) < 4.78 is 23.8. The first kappa shape index (κ1) is 30.8. The van der Waals surface area contributed by atoms with Crippen LogP contribution >= 0.6 is 0 Å². The third-order valence-corrected chi connectivity index (χ3v) is 6.89. The molecule has 0 bridgehead atoms. The van der Waals surface area contributed by atoms with Crippen LogP contribution in [-0.2, 0) is 30.2 Å². The normalized spacial score (nSPS) is 19.0. The van der Waals surface area contributed by atoms with Gasteiger partial charge in [0.15, 0.2) is 18.4 Å². The topological polar surface area (TPSA) is 160 Å². The van der Waals surface area contributed by atoms with E-state index in [-0.39, 0.29) is 34.6 Å². The number of benzene rings is 3. The minimum atomic E-state index is -1.62. The zero-order valence-corrected chi connectivity index (χ0v) is 24.0. The maximum Gasteiger partial charge on any atom is 0.338 e. The van der Waals surface area contributed by atoms with Crippen LogP contribution < -0.4 is 11.2 Å². The lowest BCUT2D eigenvalue weighted by Crippen LogP contribution is -2.46. The molecule has 0 aliphatic carbocycles. The summed E-state index contributed by atoms with van der Waals surface area (Å²) in [5, 5.41) is 0. The van der Waals surface area contributed by atoms with Crippen molar-refractivity contribution in [2.75, 3.05) is 6.61 Å². The Morgan fingerprint density at radius 3 is 1.71 bits per heavy atom. The van der Waals surface area contributed by atoms with Crippen molar-refractivity contribution < 1.29 is 38.1 Å². The molecule has 4 aromatic rings. The fourth-order valence-corrected chi connectivity index (χ4v) is 4.82. The molecule has 1 N–H and O–H groups in total. The van der Waals surface area contributed by atoms with Crippen molar-refractivity contribution in [2.24, 2.45) is 0 Å². The van der Waals surface area contributed by atoms with E-state index in [1.54, 1.807) is 66.7 Å². The number of hydrogen-bond donors (Lipinski definition) is 1. The SMILES string of the molecule is CC(=O)Cc1cc(=O)n(C2OC(COC(=O)c3ccccc3)C(OC(=O)c3ccccc3)C2OC(=O)c2ccccc2)c(=O)[nH]1. The van der Waals surface area contributed by atoms with E-state index < -0.39 is 60.3 Å². The van der Waals surface area contributed by atoms with E-state index in [0.29, 0.717) is 4.57 Å². The molecule has 1 fully saturated rings. The maximum atomic E-state index is 13.3. The molecule has 45 heavy (non-hydrogen) atoms. The molecule has 12 heteroatoms. The molecule has 1 aromatic heterocycles. The van der Waals surface area contributed by atoms with Gasteiger partial charge in [-0.25, -0.2) is 23.7 Å². The predicted octanol–water partition coefficient (Wildman–Crippen LogP) is 2.87. The standard InChI is InChI=1S/C33H28N2O10/c1-20(36)17-24-18-26(37)35(33(41)34-24)29-28(45-32(40)23-15-9-4-10-16-23)27(44-31(39)22-13-7-3-8-14-22)25(43-29)19-42-30(38)21-11-5-2-6-12-21/h2-16,18,25,27-29H,17,19H2,1H3,(H,34,41). The third kappa shape index (κ3) is 7.31.